The average Bonchev–Trinajstić information content (AvgIpc) is 2.29. The lowest BCUT2D eigenvalue weighted by atomic mass is 10.1. The number of alkyl halides is 5. The predicted molar refractivity (Wildman–Crippen MR) is 67.3 cm³/mol. The van der Waals surface area contributed by atoms with E-state index in [0.29, 0.717) is 0 Å². The van der Waals surface area contributed by atoms with Crippen LogP contribution in [0.5, 0.6) is 0 Å². The molecule has 0 aliphatic rings. The van der Waals surface area contributed by atoms with Gasteiger partial charge in [-0.2, -0.15) is 13.2 Å². The molecule has 0 aliphatic heterocycles. The van der Waals surface area contributed by atoms with Gasteiger partial charge in [0, 0.05) is 5.56 Å². The number of hydrogen-bond donors (Lipinski definition) is 0. The second-order valence-electron chi connectivity index (χ2n) is 3.64. The zero-order chi connectivity index (χ0) is 15.5. The largest absolute Gasteiger partial charge is 0.466 e. The summed E-state index contributed by atoms with van der Waals surface area (Å²) in [5.74, 6) is -0.873. The molecule has 0 N–H and O–H groups in total. The summed E-state index contributed by atoms with van der Waals surface area (Å²) in [7, 11) is 0. The first kappa shape index (κ1) is 17.1. The lowest BCUT2D eigenvalue weighted by Crippen LogP contribution is -2.17. The number of esters is 1. The van der Waals surface area contributed by atoms with E-state index in [2.05, 4.69) is 9.72 Å². The highest BCUT2D eigenvalue weighted by molar-refractivity contribution is 14.1. The van der Waals surface area contributed by atoms with E-state index in [1.54, 1.807) is 0 Å². The van der Waals surface area contributed by atoms with Gasteiger partial charge in [0.15, 0.2) is 0 Å². The van der Waals surface area contributed by atoms with E-state index in [1.165, 1.54) is 29.5 Å². The van der Waals surface area contributed by atoms with E-state index in [9.17, 15) is 26.7 Å². The minimum Gasteiger partial charge on any atom is -0.466 e. The Morgan fingerprint density at radius 1 is 1.45 bits per heavy atom. The van der Waals surface area contributed by atoms with Gasteiger partial charge in [0.2, 0.25) is 0 Å². The number of nitrogens with zero attached hydrogens (tertiary/aromatic N) is 1. The molecule has 0 fully saturated rings. The van der Waals surface area contributed by atoms with Crippen molar-refractivity contribution in [1.29, 1.82) is 0 Å². The molecule has 0 aromatic carbocycles. The van der Waals surface area contributed by atoms with Crippen molar-refractivity contribution in [1.82, 2.24) is 4.98 Å². The second kappa shape index (κ2) is 6.64. The van der Waals surface area contributed by atoms with Gasteiger partial charge in [-0.1, -0.05) is 0 Å². The molecule has 1 aromatic rings. The van der Waals surface area contributed by atoms with E-state index in [0.717, 1.165) is 0 Å². The summed E-state index contributed by atoms with van der Waals surface area (Å²) >= 11 is 1.39. The van der Waals surface area contributed by atoms with Crippen LogP contribution in [-0.4, -0.2) is 17.6 Å². The Hall–Kier alpha value is -1.00. The Bertz CT molecular complexity index is 504. The Labute approximate surface area is 124 Å². The van der Waals surface area contributed by atoms with Gasteiger partial charge < -0.3 is 4.74 Å². The van der Waals surface area contributed by atoms with Crippen LogP contribution < -0.4 is 0 Å². The van der Waals surface area contributed by atoms with Crippen LogP contribution in [-0.2, 0) is 22.1 Å². The van der Waals surface area contributed by atoms with Crippen molar-refractivity contribution in [3.05, 3.63) is 26.6 Å². The monoisotopic (exact) mass is 409 g/mol. The number of pyridine rings is 1. The minimum atomic E-state index is -4.85. The molecule has 0 aliphatic carbocycles. The number of carbonyl (C=O) groups excluding carboxylic acids is 1. The maximum absolute atomic E-state index is 12.9. The summed E-state index contributed by atoms with van der Waals surface area (Å²) in [5, 5.41) is 0. The highest BCUT2D eigenvalue weighted by Gasteiger charge is 2.36. The van der Waals surface area contributed by atoms with E-state index < -0.39 is 41.8 Å². The fraction of sp³-hybridized carbons (Fsp3) is 0.455. The van der Waals surface area contributed by atoms with Crippen molar-refractivity contribution in [3.63, 3.8) is 0 Å². The van der Waals surface area contributed by atoms with Crippen LogP contribution in [0.4, 0.5) is 22.0 Å². The first-order chi connectivity index (χ1) is 9.16. The van der Waals surface area contributed by atoms with Crippen LogP contribution in [0.15, 0.2) is 6.07 Å². The van der Waals surface area contributed by atoms with Crippen LogP contribution in [0.1, 0.15) is 30.2 Å². The third-order valence-corrected chi connectivity index (χ3v) is 3.14. The predicted octanol–water partition coefficient (Wildman–Crippen LogP) is 3.75. The summed E-state index contributed by atoms with van der Waals surface area (Å²) < 4.78 is 67.9. The van der Waals surface area contributed by atoms with Crippen molar-refractivity contribution in [2.24, 2.45) is 0 Å². The topological polar surface area (TPSA) is 39.2 Å². The van der Waals surface area contributed by atoms with Crippen molar-refractivity contribution < 1.29 is 31.5 Å². The molecular formula is C11H9F5INO2. The van der Waals surface area contributed by atoms with Crippen LogP contribution in [0.2, 0.25) is 0 Å². The molecule has 0 amide bonds. The fourth-order valence-corrected chi connectivity index (χ4v) is 2.21. The summed E-state index contributed by atoms with van der Waals surface area (Å²) in [6.45, 7) is 1.52. The maximum Gasteiger partial charge on any atom is 0.416 e. The Balaban J connectivity index is 3.31. The molecule has 1 heterocycles. The highest BCUT2D eigenvalue weighted by atomic mass is 127. The third kappa shape index (κ3) is 4.25. The van der Waals surface area contributed by atoms with Crippen LogP contribution in [0.25, 0.3) is 0 Å². The molecule has 112 valence electrons. The van der Waals surface area contributed by atoms with Crippen molar-refractivity contribution >= 4 is 28.6 Å². The smallest absolute Gasteiger partial charge is 0.416 e. The van der Waals surface area contributed by atoms with Gasteiger partial charge in [-0.15, -0.1) is 0 Å². The van der Waals surface area contributed by atoms with Gasteiger partial charge in [0.25, 0.3) is 6.43 Å². The Kier molecular flexibility index (Phi) is 5.66. The van der Waals surface area contributed by atoms with Gasteiger partial charge in [0.05, 0.1) is 18.6 Å². The standard InChI is InChI=1S/C11H9F5INO2/c1-2-20-8(19)3-5-6(11(14,15)16)4-7(9(12)13)18-10(5)17/h4,9H,2-3H2,1H3. The molecular weight excluding hydrogens is 400 g/mol. The molecule has 1 aromatic heterocycles. The van der Waals surface area contributed by atoms with E-state index in [4.69, 9.17) is 0 Å². The molecule has 0 atom stereocenters. The van der Waals surface area contributed by atoms with Gasteiger partial charge in [-0.3, -0.25) is 4.79 Å². The van der Waals surface area contributed by atoms with Gasteiger partial charge in [0.1, 0.15) is 9.39 Å². The zero-order valence-corrected chi connectivity index (χ0v) is 12.3. The molecule has 0 spiro atoms. The van der Waals surface area contributed by atoms with E-state index in [-0.39, 0.29) is 16.4 Å². The lowest BCUT2D eigenvalue weighted by Gasteiger charge is -2.15. The third-order valence-electron chi connectivity index (χ3n) is 2.25. The number of hydrogen-bond acceptors (Lipinski definition) is 3. The second-order valence-corrected chi connectivity index (χ2v) is 4.67. The van der Waals surface area contributed by atoms with Crippen LogP contribution >= 0.6 is 22.6 Å². The summed E-state index contributed by atoms with van der Waals surface area (Å²) in [4.78, 5) is 14.7. The van der Waals surface area contributed by atoms with Crippen molar-refractivity contribution in [2.45, 2.75) is 25.9 Å². The van der Waals surface area contributed by atoms with Gasteiger partial charge in [-0.25, -0.2) is 13.8 Å². The number of rotatable bonds is 4. The first-order valence-electron chi connectivity index (χ1n) is 5.37. The lowest BCUT2D eigenvalue weighted by molar-refractivity contribution is -0.143. The van der Waals surface area contributed by atoms with Crippen molar-refractivity contribution in [2.75, 3.05) is 6.61 Å². The highest BCUT2D eigenvalue weighted by Crippen LogP contribution is 2.36. The SMILES string of the molecule is CCOC(=O)Cc1c(C(F)(F)F)cc(C(F)F)nc1I. The number of aromatic nitrogens is 1. The average molecular weight is 409 g/mol. The van der Waals surface area contributed by atoms with Crippen LogP contribution in [0.3, 0.4) is 0 Å². The Morgan fingerprint density at radius 3 is 2.50 bits per heavy atom. The Morgan fingerprint density at radius 2 is 2.05 bits per heavy atom. The maximum atomic E-state index is 12.9. The fourth-order valence-electron chi connectivity index (χ4n) is 1.45. The van der Waals surface area contributed by atoms with E-state index in [1.807, 2.05) is 0 Å². The van der Waals surface area contributed by atoms with Gasteiger partial charge >= 0.3 is 12.1 Å². The molecule has 0 bridgehead atoms. The summed E-state index contributed by atoms with van der Waals surface area (Å²) in [6.07, 6.45) is -8.65. The number of carbonyl (C=O) groups is 1. The van der Waals surface area contributed by atoms with Crippen LogP contribution in [0, 0.1) is 3.70 Å². The van der Waals surface area contributed by atoms with Crippen molar-refractivity contribution in [3.8, 4) is 0 Å². The minimum absolute atomic E-state index is 0.0132. The first-order valence-corrected chi connectivity index (χ1v) is 6.45. The summed E-state index contributed by atoms with van der Waals surface area (Å²) in [5.41, 5.74) is -2.73. The molecule has 0 saturated heterocycles. The zero-order valence-electron chi connectivity index (χ0n) is 10.1. The number of halogens is 6. The molecule has 20 heavy (non-hydrogen) atoms. The molecule has 0 unspecified atom stereocenters. The molecule has 1 rings (SSSR count). The quantitative estimate of drug-likeness (QED) is 0.329. The number of ether oxygens (including phenoxy) is 1. The summed E-state index contributed by atoms with van der Waals surface area (Å²) in [6, 6.07) is 0.265. The molecule has 3 nitrogen and oxygen atoms in total. The van der Waals surface area contributed by atoms with E-state index >= 15 is 0 Å². The molecule has 0 saturated carbocycles. The molecule has 9 heteroatoms. The van der Waals surface area contributed by atoms with Gasteiger partial charge in [-0.05, 0) is 35.6 Å². The normalized spacial score (nSPS) is 11.8. The molecule has 0 radical (unpaired) electrons.